The Bertz CT molecular complexity index is 569. The number of nitrogens with one attached hydrogen (secondary N) is 2. The first-order valence-corrected chi connectivity index (χ1v) is 8.32. The number of aryl methyl sites for hydroxylation is 1. The molecule has 8 heteroatoms. The molecule has 0 radical (unpaired) electrons. The molecule has 1 aromatic rings. The van der Waals surface area contributed by atoms with Gasteiger partial charge in [-0.2, -0.15) is 0 Å². The van der Waals surface area contributed by atoms with Crippen LogP contribution in [0.5, 0.6) is 0 Å². The number of likely N-dealkylation sites (N-methyl/N-ethyl adjacent to an activating group) is 1. The summed E-state index contributed by atoms with van der Waals surface area (Å²) >= 11 is 0. The topological polar surface area (TPSA) is 79.6 Å². The van der Waals surface area contributed by atoms with Crippen LogP contribution in [0.3, 0.4) is 0 Å². The van der Waals surface area contributed by atoms with Crippen LogP contribution in [-0.4, -0.2) is 71.1 Å². The predicted octanol–water partition coefficient (Wildman–Crippen LogP) is 0.0638. The van der Waals surface area contributed by atoms with E-state index in [0.29, 0.717) is 13.1 Å². The summed E-state index contributed by atoms with van der Waals surface area (Å²) in [4.78, 5) is 6.89. The van der Waals surface area contributed by atoms with E-state index >= 15 is 0 Å². The second-order valence-corrected chi connectivity index (χ2v) is 6.16. The van der Waals surface area contributed by atoms with Gasteiger partial charge in [0.2, 0.25) is 0 Å². The molecule has 24 heavy (non-hydrogen) atoms. The molecule has 2 N–H and O–H groups in total. The molecule has 2 atom stereocenters. The van der Waals surface area contributed by atoms with Gasteiger partial charge in [0.25, 0.3) is 0 Å². The lowest BCUT2D eigenvalue weighted by molar-refractivity contribution is -0.0324. The Morgan fingerprint density at radius 1 is 1.50 bits per heavy atom. The number of aliphatic imine (C=N–C) groups is 1. The SMILES string of the molecule is C=CCNC(=NCc1nnc(C)n1C)NC(C)C1CN(C)CCO1. The van der Waals surface area contributed by atoms with Gasteiger partial charge in [-0.25, -0.2) is 4.99 Å². The Hall–Kier alpha value is -1.93. The quantitative estimate of drug-likeness (QED) is 0.435. The minimum Gasteiger partial charge on any atom is -0.373 e. The van der Waals surface area contributed by atoms with Gasteiger partial charge in [0, 0.05) is 26.7 Å². The fourth-order valence-electron chi connectivity index (χ4n) is 2.48. The van der Waals surface area contributed by atoms with Gasteiger partial charge in [0.05, 0.1) is 18.8 Å². The van der Waals surface area contributed by atoms with Crippen LogP contribution in [0.15, 0.2) is 17.6 Å². The first-order valence-electron chi connectivity index (χ1n) is 8.32. The van der Waals surface area contributed by atoms with E-state index in [4.69, 9.17) is 4.74 Å². The van der Waals surface area contributed by atoms with E-state index in [1.54, 1.807) is 6.08 Å². The molecule has 2 unspecified atom stereocenters. The highest BCUT2D eigenvalue weighted by atomic mass is 16.5. The molecule has 2 rings (SSSR count). The highest BCUT2D eigenvalue weighted by Gasteiger charge is 2.24. The molecular formula is C16H29N7O. The Morgan fingerprint density at radius 2 is 2.29 bits per heavy atom. The predicted molar refractivity (Wildman–Crippen MR) is 94.9 cm³/mol. The molecule has 0 saturated carbocycles. The molecule has 1 aromatic heterocycles. The molecule has 0 spiro atoms. The summed E-state index contributed by atoms with van der Waals surface area (Å²) in [6.45, 7) is 11.5. The fraction of sp³-hybridized carbons (Fsp3) is 0.688. The largest absolute Gasteiger partial charge is 0.373 e. The number of hydrogen-bond acceptors (Lipinski definition) is 5. The maximum atomic E-state index is 5.87. The van der Waals surface area contributed by atoms with E-state index in [-0.39, 0.29) is 12.1 Å². The summed E-state index contributed by atoms with van der Waals surface area (Å²) in [5, 5.41) is 14.9. The third-order valence-corrected chi connectivity index (χ3v) is 4.19. The number of aromatic nitrogens is 3. The van der Waals surface area contributed by atoms with E-state index in [0.717, 1.165) is 37.3 Å². The van der Waals surface area contributed by atoms with Crippen molar-refractivity contribution in [2.24, 2.45) is 12.0 Å². The molecule has 0 aromatic carbocycles. The number of rotatable bonds is 6. The van der Waals surface area contributed by atoms with Crippen molar-refractivity contribution in [3.63, 3.8) is 0 Å². The zero-order valence-electron chi connectivity index (χ0n) is 15.1. The van der Waals surface area contributed by atoms with Crippen LogP contribution in [0.1, 0.15) is 18.6 Å². The third kappa shape index (κ3) is 5.04. The van der Waals surface area contributed by atoms with Crippen molar-refractivity contribution in [2.45, 2.75) is 32.5 Å². The summed E-state index contributed by atoms with van der Waals surface area (Å²) in [5.41, 5.74) is 0. The molecule has 0 aliphatic carbocycles. The Labute approximate surface area is 144 Å². The summed E-state index contributed by atoms with van der Waals surface area (Å²) in [7, 11) is 4.06. The molecule has 0 bridgehead atoms. The zero-order chi connectivity index (χ0) is 17.5. The van der Waals surface area contributed by atoms with Crippen LogP contribution in [0.25, 0.3) is 0 Å². The Kier molecular flexibility index (Phi) is 6.74. The van der Waals surface area contributed by atoms with Gasteiger partial charge < -0.3 is 24.8 Å². The average molecular weight is 335 g/mol. The van der Waals surface area contributed by atoms with E-state index < -0.39 is 0 Å². The van der Waals surface area contributed by atoms with Crippen LogP contribution in [0, 0.1) is 6.92 Å². The second-order valence-electron chi connectivity index (χ2n) is 6.16. The lowest BCUT2D eigenvalue weighted by Crippen LogP contribution is -2.53. The number of nitrogens with zero attached hydrogens (tertiary/aromatic N) is 5. The fourth-order valence-corrected chi connectivity index (χ4v) is 2.48. The maximum Gasteiger partial charge on any atom is 0.192 e. The minimum atomic E-state index is 0.136. The zero-order valence-corrected chi connectivity index (χ0v) is 15.1. The van der Waals surface area contributed by atoms with E-state index in [9.17, 15) is 0 Å². The van der Waals surface area contributed by atoms with Crippen LogP contribution in [0.2, 0.25) is 0 Å². The molecule has 1 aliphatic rings. The summed E-state index contributed by atoms with van der Waals surface area (Å²) in [6, 6.07) is 0.144. The molecule has 0 amide bonds. The summed E-state index contributed by atoms with van der Waals surface area (Å²) in [5.74, 6) is 2.43. The van der Waals surface area contributed by atoms with Crippen molar-refractivity contribution >= 4 is 5.96 Å². The highest BCUT2D eigenvalue weighted by Crippen LogP contribution is 2.07. The molecule has 1 aliphatic heterocycles. The smallest absolute Gasteiger partial charge is 0.192 e. The van der Waals surface area contributed by atoms with Crippen LogP contribution < -0.4 is 10.6 Å². The Morgan fingerprint density at radius 3 is 2.92 bits per heavy atom. The lowest BCUT2D eigenvalue weighted by atomic mass is 10.1. The van der Waals surface area contributed by atoms with Crippen LogP contribution in [-0.2, 0) is 18.3 Å². The highest BCUT2D eigenvalue weighted by molar-refractivity contribution is 5.80. The third-order valence-electron chi connectivity index (χ3n) is 4.19. The first-order chi connectivity index (χ1) is 11.5. The van der Waals surface area contributed by atoms with Crippen molar-refractivity contribution in [2.75, 3.05) is 33.3 Å². The first kappa shape index (κ1) is 18.4. The number of guanidine groups is 1. The maximum absolute atomic E-state index is 5.87. The summed E-state index contributed by atoms with van der Waals surface area (Å²) < 4.78 is 7.81. The van der Waals surface area contributed by atoms with Gasteiger partial charge in [0.1, 0.15) is 12.4 Å². The van der Waals surface area contributed by atoms with Gasteiger partial charge >= 0.3 is 0 Å². The van der Waals surface area contributed by atoms with Crippen molar-refractivity contribution in [1.82, 2.24) is 30.3 Å². The summed E-state index contributed by atoms with van der Waals surface area (Å²) in [6.07, 6.45) is 1.94. The number of ether oxygens (including phenoxy) is 1. The van der Waals surface area contributed by atoms with E-state index in [1.807, 2.05) is 18.5 Å². The van der Waals surface area contributed by atoms with Crippen LogP contribution in [0.4, 0.5) is 0 Å². The average Bonchev–Trinajstić information content (AvgIpc) is 2.89. The molecular weight excluding hydrogens is 306 g/mol. The lowest BCUT2D eigenvalue weighted by Gasteiger charge is -2.34. The van der Waals surface area contributed by atoms with Gasteiger partial charge in [-0.15, -0.1) is 16.8 Å². The monoisotopic (exact) mass is 335 g/mol. The van der Waals surface area contributed by atoms with Gasteiger partial charge in [0.15, 0.2) is 11.8 Å². The minimum absolute atomic E-state index is 0.136. The molecule has 1 fully saturated rings. The number of hydrogen-bond donors (Lipinski definition) is 2. The van der Waals surface area contributed by atoms with Gasteiger partial charge in [-0.3, -0.25) is 0 Å². The number of morpholine rings is 1. The molecule has 134 valence electrons. The van der Waals surface area contributed by atoms with Crippen LogP contribution >= 0.6 is 0 Å². The van der Waals surface area contributed by atoms with Crippen molar-refractivity contribution in [3.05, 3.63) is 24.3 Å². The molecule has 2 heterocycles. The van der Waals surface area contributed by atoms with Crippen molar-refractivity contribution in [3.8, 4) is 0 Å². The Balaban J connectivity index is 1.99. The van der Waals surface area contributed by atoms with Crippen molar-refractivity contribution < 1.29 is 4.74 Å². The van der Waals surface area contributed by atoms with Crippen molar-refractivity contribution in [1.29, 1.82) is 0 Å². The standard InChI is InChI=1S/C16H29N7O/c1-6-7-17-16(18-10-15-21-20-13(3)23(15)5)19-12(2)14-11-22(4)8-9-24-14/h6,12,14H,1,7-11H2,2-5H3,(H2,17,18,19). The van der Waals surface area contributed by atoms with Gasteiger partial charge in [-0.1, -0.05) is 6.08 Å². The van der Waals surface area contributed by atoms with E-state index in [1.165, 1.54) is 0 Å². The molecule has 8 nitrogen and oxygen atoms in total. The van der Waals surface area contributed by atoms with Gasteiger partial charge in [-0.05, 0) is 20.9 Å². The molecule has 1 saturated heterocycles. The van der Waals surface area contributed by atoms with E-state index in [2.05, 4.69) is 51.3 Å². The normalized spacial score (nSPS) is 20.7. The second kappa shape index (κ2) is 8.79.